The summed E-state index contributed by atoms with van der Waals surface area (Å²) < 4.78 is 0. The second-order valence-corrected chi connectivity index (χ2v) is 6.64. The Morgan fingerprint density at radius 1 is 1.05 bits per heavy atom. The maximum absolute atomic E-state index is 12.1. The molecule has 3 heteroatoms. The molecule has 0 fully saturated rings. The third-order valence-corrected chi connectivity index (χ3v) is 4.16. The van der Waals surface area contributed by atoms with E-state index in [9.17, 15) is 4.79 Å². The zero-order valence-corrected chi connectivity index (χ0v) is 12.9. The molecule has 0 saturated carbocycles. The molecule has 1 amide bonds. The van der Waals surface area contributed by atoms with Crippen LogP contribution in [0.15, 0.2) is 24.3 Å². The van der Waals surface area contributed by atoms with Crippen molar-refractivity contribution in [1.29, 1.82) is 0 Å². The average molecular weight is 262 g/mol. The molecule has 0 radical (unpaired) electrons. The first kappa shape index (κ1) is 15.5. The Labute approximate surface area is 116 Å². The molecule has 0 aliphatic heterocycles. The van der Waals surface area contributed by atoms with Crippen LogP contribution in [0, 0.1) is 10.8 Å². The van der Waals surface area contributed by atoms with Gasteiger partial charge in [0.05, 0.1) is 0 Å². The van der Waals surface area contributed by atoms with Crippen molar-refractivity contribution in [3.05, 3.63) is 29.8 Å². The minimum atomic E-state index is -0.0139. The van der Waals surface area contributed by atoms with Gasteiger partial charge in [0.15, 0.2) is 0 Å². The molecule has 19 heavy (non-hydrogen) atoms. The maximum Gasteiger partial charge on any atom is 0.251 e. The molecular weight excluding hydrogens is 236 g/mol. The lowest BCUT2D eigenvalue weighted by atomic mass is 9.69. The topological polar surface area (TPSA) is 41.1 Å². The van der Waals surface area contributed by atoms with Crippen LogP contribution in [0.1, 0.15) is 45.0 Å². The van der Waals surface area contributed by atoms with Gasteiger partial charge in [-0.25, -0.2) is 0 Å². The predicted molar refractivity (Wildman–Crippen MR) is 81.6 cm³/mol. The summed E-state index contributed by atoms with van der Waals surface area (Å²) in [6.07, 6.45) is 0. The zero-order chi connectivity index (χ0) is 14.7. The number of nitrogens with one attached hydrogen (secondary N) is 2. The van der Waals surface area contributed by atoms with Crippen molar-refractivity contribution in [3.63, 3.8) is 0 Å². The second-order valence-electron chi connectivity index (χ2n) is 6.64. The fourth-order valence-corrected chi connectivity index (χ4v) is 1.46. The molecule has 1 aromatic carbocycles. The largest absolute Gasteiger partial charge is 0.388 e. The molecule has 0 bridgehead atoms. The first-order valence-corrected chi connectivity index (χ1v) is 6.73. The molecule has 0 heterocycles. The number of hydrogen-bond acceptors (Lipinski definition) is 2. The number of carbonyl (C=O) groups excluding carboxylic acids is 1. The van der Waals surface area contributed by atoms with Crippen molar-refractivity contribution < 1.29 is 4.79 Å². The van der Waals surface area contributed by atoms with Crippen LogP contribution in [0.3, 0.4) is 0 Å². The summed E-state index contributed by atoms with van der Waals surface area (Å²) in [5.74, 6) is -0.0139. The lowest BCUT2D eigenvalue weighted by Crippen LogP contribution is -2.41. The van der Waals surface area contributed by atoms with Crippen molar-refractivity contribution in [2.45, 2.75) is 34.6 Å². The van der Waals surface area contributed by atoms with Crippen LogP contribution in [0.2, 0.25) is 0 Å². The van der Waals surface area contributed by atoms with Crippen LogP contribution in [0.4, 0.5) is 5.69 Å². The Balaban J connectivity index is 2.65. The Morgan fingerprint density at radius 3 is 2.00 bits per heavy atom. The Morgan fingerprint density at radius 2 is 1.58 bits per heavy atom. The third kappa shape index (κ3) is 3.98. The van der Waals surface area contributed by atoms with Gasteiger partial charge in [0.2, 0.25) is 0 Å². The quantitative estimate of drug-likeness (QED) is 0.871. The van der Waals surface area contributed by atoms with Gasteiger partial charge in [0.1, 0.15) is 0 Å². The van der Waals surface area contributed by atoms with Crippen LogP contribution >= 0.6 is 0 Å². The highest BCUT2D eigenvalue weighted by Crippen LogP contribution is 2.37. The van der Waals surface area contributed by atoms with E-state index in [0.29, 0.717) is 12.1 Å². The van der Waals surface area contributed by atoms with E-state index in [0.717, 1.165) is 5.69 Å². The third-order valence-electron chi connectivity index (χ3n) is 4.16. The van der Waals surface area contributed by atoms with Gasteiger partial charge in [0, 0.05) is 24.8 Å². The van der Waals surface area contributed by atoms with E-state index < -0.39 is 0 Å². The Kier molecular flexibility index (Phi) is 4.61. The van der Waals surface area contributed by atoms with E-state index in [-0.39, 0.29) is 16.7 Å². The number of anilines is 1. The molecule has 1 aromatic rings. The van der Waals surface area contributed by atoms with E-state index in [2.05, 4.69) is 45.3 Å². The van der Waals surface area contributed by atoms with Gasteiger partial charge in [-0.1, -0.05) is 34.6 Å². The zero-order valence-electron chi connectivity index (χ0n) is 12.9. The highest BCUT2D eigenvalue weighted by Gasteiger charge is 2.32. The Hall–Kier alpha value is -1.51. The molecule has 0 aliphatic carbocycles. The van der Waals surface area contributed by atoms with Crippen LogP contribution in [-0.2, 0) is 0 Å². The Bertz CT molecular complexity index is 427. The minimum absolute atomic E-state index is 0.0139. The van der Waals surface area contributed by atoms with Crippen molar-refractivity contribution in [3.8, 4) is 0 Å². The van der Waals surface area contributed by atoms with Crippen LogP contribution in [0.25, 0.3) is 0 Å². The summed E-state index contributed by atoms with van der Waals surface area (Å²) >= 11 is 0. The van der Waals surface area contributed by atoms with Gasteiger partial charge >= 0.3 is 0 Å². The molecule has 2 N–H and O–H groups in total. The fourth-order valence-electron chi connectivity index (χ4n) is 1.46. The van der Waals surface area contributed by atoms with Gasteiger partial charge in [-0.3, -0.25) is 4.79 Å². The summed E-state index contributed by atoms with van der Waals surface area (Å²) in [7, 11) is 1.86. The van der Waals surface area contributed by atoms with E-state index in [4.69, 9.17) is 0 Å². The standard InChI is InChI=1S/C16H26N2O/c1-15(2,3)16(4,5)11-18-14(19)12-7-9-13(17-6)10-8-12/h7-10,17H,11H2,1-6H3,(H,18,19). The predicted octanol–water partition coefficient (Wildman–Crippen LogP) is 3.53. The average Bonchev–Trinajstić information content (AvgIpc) is 2.35. The fraction of sp³-hybridized carbons (Fsp3) is 0.562. The van der Waals surface area contributed by atoms with Gasteiger partial charge < -0.3 is 10.6 Å². The summed E-state index contributed by atoms with van der Waals surface area (Å²) in [4.78, 5) is 12.1. The van der Waals surface area contributed by atoms with Crippen LogP contribution < -0.4 is 10.6 Å². The molecule has 0 aliphatic rings. The van der Waals surface area contributed by atoms with Gasteiger partial charge in [-0.2, -0.15) is 0 Å². The first-order chi connectivity index (χ1) is 8.67. The normalized spacial score (nSPS) is 12.1. The second kappa shape index (κ2) is 5.64. The number of hydrogen-bond donors (Lipinski definition) is 2. The van der Waals surface area contributed by atoms with Crippen molar-refractivity contribution >= 4 is 11.6 Å². The summed E-state index contributed by atoms with van der Waals surface area (Å²) in [6.45, 7) is 11.6. The van der Waals surface area contributed by atoms with Crippen molar-refractivity contribution in [2.75, 3.05) is 18.9 Å². The minimum Gasteiger partial charge on any atom is -0.388 e. The van der Waals surface area contributed by atoms with E-state index in [1.54, 1.807) is 0 Å². The monoisotopic (exact) mass is 262 g/mol. The van der Waals surface area contributed by atoms with Crippen LogP contribution in [-0.4, -0.2) is 19.5 Å². The highest BCUT2D eigenvalue weighted by atomic mass is 16.1. The van der Waals surface area contributed by atoms with Gasteiger partial charge in [-0.15, -0.1) is 0 Å². The number of benzene rings is 1. The van der Waals surface area contributed by atoms with Crippen molar-refractivity contribution in [2.24, 2.45) is 10.8 Å². The summed E-state index contributed by atoms with van der Waals surface area (Å²) in [6, 6.07) is 7.49. The van der Waals surface area contributed by atoms with E-state index >= 15 is 0 Å². The van der Waals surface area contributed by atoms with Crippen molar-refractivity contribution in [1.82, 2.24) is 5.32 Å². The summed E-state index contributed by atoms with van der Waals surface area (Å²) in [5.41, 5.74) is 1.90. The maximum atomic E-state index is 12.1. The molecule has 0 saturated heterocycles. The molecule has 0 unspecified atom stereocenters. The van der Waals surface area contributed by atoms with Crippen LogP contribution in [0.5, 0.6) is 0 Å². The van der Waals surface area contributed by atoms with E-state index in [1.165, 1.54) is 0 Å². The molecule has 0 atom stereocenters. The number of rotatable bonds is 4. The smallest absolute Gasteiger partial charge is 0.251 e. The van der Waals surface area contributed by atoms with Gasteiger partial charge in [0.25, 0.3) is 5.91 Å². The molecule has 0 aromatic heterocycles. The molecular formula is C16H26N2O. The van der Waals surface area contributed by atoms with E-state index in [1.807, 2.05) is 31.3 Å². The first-order valence-electron chi connectivity index (χ1n) is 6.73. The SMILES string of the molecule is CNc1ccc(C(=O)NCC(C)(C)C(C)(C)C)cc1. The van der Waals surface area contributed by atoms with Gasteiger partial charge in [-0.05, 0) is 35.1 Å². The molecule has 0 spiro atoms. The number of carbonyl (C=O) groups is 1. The summed E-state index contributed by atoms with van der Waals surface area (Å²) in [5, 5.41) is 6.06. The highest BCUT2D eigenvalue weighted by molar-refractivity contribution is 5.94. The molecule has 3 nitrogen and oxygen atoms in total. The lowest BCUT2D eigenvalue weighted by molar-refractivity contribution is 0.0867. The molecule has 1 rings (SSSR count). The molecule has 106 valence electrons. The number of amides is 1. The lowest BCUT2D eigenvalue weighted by Gasteiger charge is -2.38.